The number of benzene rings is 2. The van der Waals surface area contributed by atoms with E-state index in [0.29, 0.717) is 31.8 Å². The molecule has 2 aromatic rings. The fourth-order valence-corrected chi connectivity index (χ4v) is 11.1. The number of esters is 2. The molecule has 1 spiro atoms. The fourth-order valence-electron chi connectivity index (χ4n) is 11.1. The number of ether oxygens (including phenoxy) is 5. The molecule has 6 aliphatic heterocycles. The SMILES string of the molecule is C#C[C@H]1[C@@H](OC(=O)CCC(=O)OCC2CCCN(C)C2)[C@H](C)[C@H](O)[C@H](C)[C@@H](O)[C@@H](C)/C=C/C=C(/C)C(=O)Nc2c(O)c3c(O)c(C)c4c(c3c3c2=NC2(CCN(CC(C)C)CC2)N=3)C(=O)[C@@](C=C)(O/C=C/[C@@H]1OC)O4. The van der Waals surface area contributed by atoms with Crippen molar-refractivity contribution < 1.29 is 63.3 Å². The van der Waals surface area contributed by atoms with Gasteiger partial charge in [0.15, 0.2) is 11.4 Å². The van der Waals surface area contributed by atoms with Crippen LogP contribution in [0.5, 0.6) is 17.2 Å². The molecule has 1 amide bonds. The van der Waals surface area contributed by atoms with Crippen LogP contribution >= 0.6 is 0 Å². The number of piperidine rings is 2. The van der Waals surface area contributed by atoms with E-state index in [-0.39, 0.29) is 75.0 Å². The summed E-state index contributed by atoms with van der Waals surface area (Å²) in [5.74, 6) is -6.28. The second-order valence-corrected chi connectivity index (χ2v) is 21.5. The van der Waals surface area contributed by atoms with Crippen LogP contribution in [0, 0.1) is 54.8 Å². The highest BCUT2D eigenvalue weighted by atomic mass is 16.7. The van der Waals surface area contributed by atoms with E-state index in [1.54, 1.807) is 39.8 Å². The molecule has 5 bridgehead atoms. The standard InChI is InChI=1S/C57H75N5O13/c1-12-38-39(71-11)21-27-73-57(13-2)54(69)44-42-43(50(67)36(9)53(44)75-57)51(68)47(46-45(42)59-56(60-46)22-25-62(26-23-56)28-31(3)4)58-55(70)33(6)17-14-16-32(5)48(65)34(7)49(66)35(8)52(38)74-41(64)20-19-40(63)72-30-37-18-15-24-61(10)29-37/h1,13-14,16-17,21,27,31-32,34-35,37-39,48-49,52,65-68H,2,15,18-20,22-26,28-30H2,3-11H3,(H,58,70)/b16-14+,27-21+,33-17-/t32-,34+,35+,37?,38+,39-,48-,49+,52-,57-/m0/s1. The monoisotopic (exact) mass is 1040 g/mol. The molecule has 2 saturated heterocycles. The number of aliphatic hydroxyl groups excluding tert-OH is 2. The van der Waals surface area contributed by atoms with E-state index in [1.165, 1.54) is 26.2 Å². The number of phenolic OH excluding ortho intramolecular Hbond substituents is 2. The highest BCUT2D eigenvalue weighted by Gasteiger charge is 2.52. The number of anilines is 1. The molecule has 6 heterocycles. The summed E-state index contributed by atoms with van der Waals surface area (Å²) in [5, 5.41) is 50.9. The maximum atomic E-state index is 15.1. The summed E-state index contributed by atoms with van der Waals surface area (Å²) < 4.78 is 30.1. The number of nitrogens with one attached hydrogen (secondary N) is 1. The van der Waals surface area contributed by atoms with E-state index in [9.17, 15) is 34.8 Å². The Labute approximate surface area is 439 Å². The van der Waals surface area contributed by atoms with Gasteiger partial charge in [0.1, 0.15) is 28.6 Å². The van der Waals surface area contributed by atoms with Gasteiger partial charge in [-0.2, -0.15) is 0 Å². The van der Waals surface area contributed by atoms with Crippen LogP contribution in [-0.2, 0) is 33.3 Å². The first-order valence-electron chi connectivity index (χ1n) is 26.1. The van der Waals surface area contributed by atoms with Gasteiger partial charge in [-0.05, 0) is 52.3 Å². The number of terminal acetylenes is 1. The summed E-state index contributed by atoms with van der Waals surface area (Å²) in [7, 11) is 3.38. The smallest absolute Gasteiger partial charge is 0.336 e. The molecule has 18 nitrogen and oxygen atoms in total. The summed E-state index contributed by atoms with van der Waals surface area (Å²) in [5.41, 5.74) is -0.927. The minimum atomic E-state index is -2.26. The molecule has 5 N–H and O–H groups in total. The van der Waals surface area contributed by atoms with Crippen LogP contribution in [0.1, 0.15) is 96.0 Å². The molecule has 10 atom stereocenters. The normalized spacial score (nSPS) is 31.0. The van der Waals surface area contributed by atoms with Crippen molar-refractivity contribution in [2.75, 3.05) is 58.8 Å². The number of nitrogens with zero attached hydrogens (tertiary/aromatic N) is 4. The number of amides is 1. The molecule has 0 aliphatic carbocycles. The summed E-state index contributed by atoms with van der Waals surface area (Å²) in [6.45, 7) is 20.5. The van der Waals surface area contributed by atoms with Gasteiger partial charge >= 0.3 is 17.7 Å². The number of likely N-dealkylation sites (tertiary alicyclic amines) is 2. The number of ketones is 1. The van der Waals surface area contributed by atoms with Crippen LogP contribution in [0.2, 0.25) is 0 Å². The molecule has 1 unspecified atom stereocenters. The minimum absolute atomic E-state index is 0.0428. The van der Waals surface area contributed by atoms with Crippen molar-refractivity contribution in [2.24, 2.45) is 45.5 Å². The van der Waals surface area contributed by atoms with Gasteiger partial charge in [-0.3, -0.25) is 29.2 Å². The summed E-state index contributed by atoms with van der Waals surface area (Å²) in [6.07, 6.45) is 12.1. The van der Waals surface area contributed by atoms with E-state index in [2.05, 4.69) is 41.5 Å². The van der Waals surface area contributed by atoms with Crippen molar-refractivity contribution in [3.63, 3.8) is 0 Å². The Kier molecular flexibility index (Phi) is 17.7. The quantitative estimate of drug-likeness (QED) is 0.0893. The van der Waals surface area contributed by atoms with E-state index < -0.39 is 94.7 Å². The Morgan fingerprint density at radius 3 is 2.35 bits per heavy atom. The van der Waals surface area contributed by atoms with Gasteiger partial charge in [0.2, 0.25) is 0 Å². The van der Waals surface area contributed by atoms with Crippen molar-refractivity contribution in [1.82, 2.24) is 9.80 Å². The Morgan fingerprint density at radius 2 is 1.69 bits per heavy atom. The van der Waals surface area contributed by atoms with Gasteiger partial charge in [-0.25, -0.2) is 0 Å². The lowest BCUT2D eigenvalue weighted by Crippen LogP contribution is -2.47. The number of aliphatic hydroxyl groups is 2. The van der Waals surface area contributed by atoms with Crippen molar-refractivity contribution in [2.45, 2.75) is 123 Å². The number of rotatable bonds is 10. The molecule has 0 aromatic heterocycles. The zero-order valence-electron chi connectivity index (χ0n) is 44.8. The summed E-state index contributed by atoms with van der Waals surface area (Å²) in [6, 6.07) is 0. The van der Waals surface area contributed by atoms with Gasteiger partial charge in [-0.1, -0.05) is 65.3 Å². The van der Waals surface area contributed by atoms with E-state index >= 15 is 4.79 Å². The number of phenols is 2. The third-order valence-electron chi connectivity index (χ3n) is 15.5. The van der Waals surface area contributed by atoms with Crippen LogP contribution in [0.3, 0.4) is 0 Å². The predicted octanol–water partition coefficient (Wildman–Crippen LogP) is 5.17. The minimum Gasteiger partial charge on any atom is -0.507 e. The molecule has 75 heavy (non-hydrogen) atoms. The number of methoxy groups -OCH3 is 1. The van der Waals surface area contributed by atoms with Gasteiger partial charge in [0.05, 0.1) is 66.2 Å². The Balaban J connectivity index is 1.29. The Morgan fingerprint density at radius 1 is 1.00 bits per heavy atom. The van der Waals surface area contributed by atoms with E-state index in [0.717, 1.165) is 44.8 Å². The van der Waals surface area contributed by atoms with Crippen LogP contribution in [0.25, 0.3) is 10.8 Å². The number of aromatic hydroxyl groups is 2. The number of fused-ring (bicyclic) bond motifs is 13. The van der Waals surface area contributed by atoms with E-state index in [1.807, 2.05) is 7.05 Å². The molecule has 406 valence electrons. The average molecular weight is 1040 g/mol. The first-order chi connectivity index (χ1) is 35.6. The first-order valence-corrected chi connectivity index (χ1v) is 26.1. The van der Waals surface area contributed by atoms with Gasteiger partial charge in [-0.15, -0.1) is 6.42 Å². The second-order valence-electron chi connectivity index (χ2n) is 21.5. The zero-order chi connectivity index (χ0) is 54.7. The number of Topliss-reactive ketones (excluding diaryl/α,β-unsaturated/α-hetero) is 1. The Hall–Kier alpha value is -6.10. The summed E-state index contributed by atoms with van der Waals surface area (Å²) >= 11 is 0. The van der Waals surface area contributed by atoms with Gasteiger partial charge < -0.3 is 59.2 Å². The lowest BCUT2D eigenvalue weighted by Gasteiger charge is -2.37. The molecule has 0 radical (unpaired) electrons. The zero-order valence-corrected chi connectivity index (χ0v) is 44.8. The topological polar surface area (TPSA) is 239 Å². The lowest BCUT2D eigenvalue weighted by atomic mass is 9.78. The predicted molar refractivity (Wildman–Crippen MR) is 280 cm³/mol. The number of hydrogen-bond acceptors (Lipinski definition) is 17. The van der Waals surface area contributed by atoms with Crippen LogP contribution < -0.4 is 20.8 Å². The summed E-state index contributed by atoms with van der Waals surface area (Å²) in [4.78, 5) is 70.6. The van der Waals surface area contributed by atoms with Crippen molar-refractivity contribution >= 4 is 40.1 Å². The lowest BCUT2D eigenvalue weighted by molar-refractivity contribution is -0.163. The molecular formula is C57H75N5O13. The number of carbonyl (C=O) groups is 4. The number of hydrogen-bond donors (Lipinski definition) is 5. The second kappa shape index (κ2) is 23.4. The third kappa shape index (κ3) is 11.7. The largest absolute Gasteiger partial charge is 0.507 e. The van der Waals surface area contributed by atoms with Gasteiger partial charge in [0, 0.05) is 92.4 Å². The molecule has 2 aromatic carbocycles. The number of carbonyl (C=O) groups excluding carboxylic acids is 4. The van der Waals surface area contributed by atoms with Crippen molar-refractivity contribution in [1.29, 1.82) is 0 Å². The molecule has 2 fully saturated rings. The maximum Gasteiger partial charge on any atom is 0.336 e. The van der Waals surface area contributed by atoms with Crippen LogP contribution in [0.15, 0.2) is 58.8 Å². The number of allylic oxidation sites excluding steroid dienone is 2. The highest BCUT2D eigenvalue weighted by molar-refractivity contribution is 6.20. The van der Waals surface area contributed by atoms with Crippen molar-refractivity contribution in [3.8, 4) is 29.6 Å². The van der Waals surface area contributed by atoms with Crippen LogP contribution in [0.4, 0.5) is 5.69 Å². The maximum absolute atomic E-state index is 15.1. The van der Waals surface area contributed by atoms with Crippen molar-refractivity contribution in [3.05, 3.63) is 70.6 Å². The highest BCUT2D eigenvalue weighted by Crippen LogP contribution is 2.50. The molecular weight excluding hydrogens is 963 g/mol. The molecule has 18 heteroatoms. The average Bonchev–Trinajstić information content (AvgIpc) is 3.90. The molecule has 8 rings (SSSR count). The molecule has 6 aliphatic rings. The molecule has 0 saturated carbocycles. The Bertz CT molecular complexity index is 2810. The third-order valence-corrected chi connectivity index (χ3v) is 15.5. The van der Waals surface area contributed by atoms with Gasteiger partial charge in [0.25, 0.3) is 11.7 Å². The van der Waals surface area contributed by atoms with E-state index in [4.69, 9.17) is 40.1 Å². The van der Waals surface area contributed by atoms with Crippen LogP contribution in [-0.4, -0.2) is 143 Å². The first kappa shape index (κ1) is 56.6. The fraction of sp³-hybridized carbons (Fsp3) is 0.579.